The second-order valence-corrected chi connectivity index (χ2v) is 7.26. The quantitative estimate of drug-likeness (QED) is 0.435. The minimum absolute atomic E-state index is 0.0558. The maximum absolute atomic E-state index is 12.5. The molecule has 8 heteroatoms. The van der Waals surface area contributed by atoms with E-state index in [1.165, 1.54) is 11.8 Å². The van der Waals surface area contributed by atoms with Crippen molar-refractivity contribution >= 4 is 23.4 Å². The van der Waals surface area contributed by atoms with Gasteiger partial charge in [0.2, 0.25) is 0 Å². The number of halogens is 1. The van der Waals surface area contributed by atoms with Crippen LogP contribution in [-0.2, 0) is 5.75 Å². The van der Waals surface area contributed by atoms with Crippen LogP contribution in [0.3, 0.4) is 0 Å². The molecule has 0 aliphatic carbocycles. The summed E-state index contributed by atoms with van der Waals surface area (Å²) in [6.45, 7) is 2.31. The first kappa shape index (κ1) is 20.8. The molecule has 0 saturated carbocycles. The molecule has 3 rings (SSSR count). The lowest BCUT2D eigenvalue weighted by Crippen LogP contribution is -2.14. The number of nitriles is 1. The summed E-state index contributed by atoms with van der Waals surface area (Å²) in [5.41, 5.74) is 1.27. The molecule has 0 aliphatic heterocycles. The first-order valence-corrected chi connectivity index (χ1v) is 10.2. The number of H-pyrrole nitrogens is 1. The topological polar surface area (TPSA) is 88.0 Å². The lowest BCUT2D eigenvalue weighted by atomic mass is 10.1. The van der Waals surface area contributed by atoms with Crippen molar-refractivity contribution in [1.82, 2.24) is 9.97 Å². The summed E-state index contributed by atoms with van der Waals surface area (Å²) < 4.78 is 10.9. The number of methoxy groups -OCH3 is 1. The normalized spacial score (nSPS) is 10.4. The third-order valence-electron chi connectivity index (χ3n) is 4.07. The Hall–Kier alpha value is -2.95. The van der Waals surface area contributed by atoms with E-state index in [0.29, 0.717) is 45.3 Å². The molecule has 0 spiro atoms. The number of thioether (sulfide) groups is 1. The van der Waals surface area contributed by atoms with Gasteiger partial charge in [-0.25, -0.2) is 4.98 Å². The molecule has 3 aromatic rings. The fourth-order valence-electron chi connectivity index (χ4n) is 2.69. The van der Waals surface area contributed by atoms with Crippen LogP contribution in [0.5, 0.6) is 11.5 Å². The van der Waals surface area contributed by atoms with Crippen LogP contribution in [0.1, 0.15) is 18.1 Å². The van der Waals surface area contributed by atoms with Crippen LogP contribution in [0.25, 0.3) is 11.3 Å². The van der Waals surface area contributed by atoms with Gasteiger partial charge in [-0.15, -0.1) is 0 Å². The fraction of sp³-hybridized carbons (Fsp3) is 0.190. The molecular formula is C21H18ClN3O3S. The summed E-state index contributed by atoms with van der Waals surface area (Å²) in [6.07, 6.45) is 0. The molecule has 0 bridgehead atoms. The summed E-state index contributed by atoms with van der Waals surface area (Å²) in [4.78, 5) is 19.6. The zero-order chi connectivity index (χ0) is 20.8. The Morgan fingerprint density at radius 2 is 2.03 bits per heavy atom. The Bertz CT molecular complexity index is 1120. The highest BCUT2D eigenvalue weighted by atomic mass is 35.5. The largest absolute Gasteiger partial charge is 0.493 e. The predicted molar refractivity (Wildman–Crippen MR) is 114 cm³/mol. The molecule has 148 valence electrons. The van der Waals surface area contributed by atoms with Crippen molar-refractivity contribution in [3.63, 3.8) is 0 Å². The highest BCUT2D eigenvalue weighted by Crippen LogP contribution is 2.33. The zero-order valence-corrected chi connectivity index (χ0v) is 17.4. The van der Waals surface area contributed by atoms with Crippen LogP contribution >= 0.6 is 23.4 Å². The van der Waals surface area contributed by atoms with Gasteiger partial charge in [-0.3, -0.25) is 4.79 Å². The maximum atomic E-state index is 12.5. The van der Waals surface area contributed by atoms with Crippen molar-refractivity contribution in [1.29, 1.82) is 5.26 Å². The number of nitrogens with one attached hydrogen (secondary N) is 1. The minimum atomic E-state index is -0.493. The molecule has 0 atom stereocenters. The van der Waals surface area contributed by atoms with Crippen molar-refractivity contribution in [2.75, 3.05) is 13.7 Å². The van der Waals surface area contributed by atoms with Gasteiger partial charge in [-0.2, -0.15) is 5.26 Å². The van der Waals surface area contributed by atoms with Crippen molar-refractivity contribution in [2.24, 2.45) is 0 Å². The number of hydrogen-bond donors (Lipinski definition) is 1. The van der Waals surface area contributed by atoms with Gasteiger partial charge in [0.05, 0.1) is 19.4 Å². The van der Waals surface area contributed by atoms with Gasteiger partial charge in [-0.05, 0) is 36.8 Å². The molecule has 2 aromatic carbocycles. The van der Waals surface area contributed by atoms with Gasteiger partial charge < -0.3 is 14.5 Å². The smallest absolute Gasteiger partial charge is 0.270 e. The molecule has 1 N–H and O–H groups in total. The van der Waals surface area contributed by atoms with E-state index in [1.54, 1.807) is 25.3 Å². The van der Waals surface area contributed by atoms with Crippen LogP contribution in [0, 0.1) is 11.3 Å². The molecule has 0 amide bonds. The molecule has 0 aliphatic rings. The highest BCUT2D eigenvalue weighted by molar-refractivity contribution is 7.98. The van der Waals surface area contributed by atoms with Gasteiger partial charge in [0.25, 0.3) is 5.56 Å². The van der Waals surface area contributed by atoms with E-state index in [2.05, 4.69) is 9.97 Å². The second-order valence-electron chi connectivity index (χ2n) is 5.89. The summed E-state index contributed by atoms with van der Waals surface area (Å²) >= 11 is 7.53. The number of ether oxygens (including phenoxy) is 2. The van der Waals surface area contributed by atoms with E-state index in [0.717, 1.165) is 5.56 Å². The first-order valence-electron chi connectivity index (χ1n) is 8.79. The number of benzene rings is 2. The van der Waals surface area contributed by atoms with Crippen molar-refractivity contribution in [2.45, 2.75) is 17.8 Å². The minimum Gasteiger partial charge on any atom is -0.493 e. The van der Waals surface area contributed by atoms with E-state index in [-0.39, 0.29) is 5.56 Å². The van der Waals surface area contributed by atoms with Crippen molar-refractivity contribution in [3.05, 3.63) is 69.0 Å². The number of nitrogens with zero attached hydrogens (tertiary/aromatic N) is 2. The summed E-state index contributed by atoms with van der Waals surface area (Å²) in [6, 6.07) is 14.6. The predicted octanol–water partition coefficient (Wildman–Crippen LogP) is 4.66. The fourth-order valence-corrected chi connectivity index (χ4v) is 3.83. The Kier molecular flexibility index (Phi) is 6.81. The molecule has 0 fully saturated rings. The van der Waals surface area contributed by atoms with E-state index >= 15 is 0 Å². The van der Waals surface area contributed by atoms with Gasteiger partial charge in [-0.1, -0.05) is 41.6 Å². The number of aromatic amines is 1. The van der Waals surface area contributed by atoms with Crippen LogP contribution in [-0.4, -0.2) is 23.7 Å². The SMILES string of the molecule is CCOc1cc(-c2nc(SCc3ccccc3Cl)[nH]c(=O)c2C#N)ccc1OC. The third-order valence-corrected chi connectivity index (χ3v) is 5.36. The van der Waals surface area contributed by atoms with Crippen LogP contribution in [0.15, 0.2) is 52.4 Å². The Labute approximate surface area is 177 Å². The van der Waals surface area contributed by atoms with Gasteiger partial charge in [0, 0.05) is 16.3 Å². The molecule has 0 saturated heterocycles. The van der Waals surface area contributed by atoms with E-state index in [1.807, 2.05) is 37.3 Å². The Balaban J connectivity index is 2.00. The van der Waals surface area contributed by atoms with Crippen molar-refractivity contribution < 1.29 is 9.47 Å². The molecule has 1 heterocycles. The monoisotopic (exact) mass is 427 g/mol. The number of rotatable bonds is 7. The number of hydrogen-bond acceptors (Lipinski definition) is 6. The van der Waals surface area contributed by atoms with E-state index in [4.69, 9.17) is 21.1 Å². The van der Waals surface area contributed by atoms with Crippen LogP contribution in [0.2, 0.25) is 5.02 Å². The number of aromatic nitrogens is 2. The summed E-state index contributed by atoms with van der Waals surface area (Å²) in [7, 11) is 1.55. The van der Waals surface area contributed by atoms with E-state index in [9.17, 15) is 10.1 Å². The first-order chi connectivity index (χ1) is 14.1. The molecular weight excluding hydrogens is 410 g/mol. The second kappa shape index (κ2) is 9.50. The average Bonchev–Trinajstić information content (AvgIpc) is 2.73. The molecule has 29 heavy (non-hydrogen) atoms. The molecule has 6 nitrogen and oxygen atoms in total. The van der Waals surface area contributed by atoms with E-state index < -0.39 is 5.56 Å². The zero-order valence-electron chi connectivity index (χ0n) is 15.9. The molecule has 1 aromatic heterocycles. The van der Waals surface area contributed by atoms with Crippen LogP contribution < -0.4 is 15.0 Å². The Morgan fingerprint density at radius 3 is 2.72 bits per heavy atom. The maximum Gasteiger partial charge on any atom is 0.270 e. The Morgan fingerprint density at radius 1 is 1.24 bits per heavy atom. The third kappa shape index (κ3) is 4.73. The van der Waals surface area contributed by atoms with Gasteiger partial charge in [0.15, 0.2) is 16.7 Å². The van der Waals surface area contributed by atoms with Gasteiger partial charge in [0.1, 0.15) is 11.6 Å². The van der Waals surface area contributed by atoms with Crippen molar-refractivity contribution in [3.8, 4) is 28.8 Å². The summed E-state index contributed by atoms with van der Waals surface area (Å²) in [5.74, 6) is 1.61. The standard InChI is InChI=1S/C21H18ClN3O3S/c1-3-28-18-10-13(8-9-17(18)27-2)19-15(11-23)20(26)25-21(24-19)29-12-14-6-4-5-7-16(14)22/h4-10H,3,12H2,1-2H3,(H,24,25,26). The highest BCUT2D eigenvalue weighted by Gasteiger charge is 2.16. The van der Waals surface area contributed by atoms with Gasteiger partial charge >= 0.3 is 0 Å². The van der Waals surface area contributed by atoms with Crippen LogP contribution in [0.4, 0.5) is 0 Å². The molecule has 0 radical (unpaired) electrons. The lowest BCUT2D eigenvalue weighted by Gasteiger charge is -2.12. The summed E-state index contributed by atoms with van der Waals surface area (Å²) in [5, 5.41) is 10.5. The molecule has 0 unspecified atom stereocenters. The average molecular weight is 428 g/mol. The lowest BCUT2D eigenvalue weighted by molar-refractivity contribution is 0.311.